The molecule has 0 aliphatic carbocycles. The molecule has 3 rings (SSSR count). The third-order valence-electron chi connectivity index (χ3n) is 4.41. The summed E-state index contributed by atoms with van der Waals surface area (Å²) in [4.78, 5) is 29.0. The van der Waals surface area contributed by atoms with Crippen LogP contribution < -0.4 is 0 Å². The van der Waals surface area contributed by atoms with Crippen molar-refractivity contribution in [3.63, 3.8) is 0 Å². The molecule has 1 N–H and O–H groups in total. The molecule has 1 amide bonds. The fourth-order valence-corrected chi connectivity index (χ4v) is 3.08. The monoisotopic (exact) mass is 364 g/mol. The Labute approximate surface area is 148 Å². The zero-order chi connectivity index (χ0) is 18.7. The number of nitrogens with zero attached hydrogens (tertiary/aromatic N) is 2. The number of carboxylic acid groups (broad SMARTS) is 1. The quantitative estimate of drug-likeness (QED) is 0.882. The minimum Gasteiger partial charge on any atom is -0.480 e. The molecule has 8 heteroatoms. The Kier molecular flexibility index (Phi) is 5.29. The summed E-state index contributed by atoms with van der Waals surface area (Å²) in [5.41, 5.74) is 0.0819. The molecule has 2 heterocycles. The van der Waals surface area contributed by atoms with Crippen LogP contribution in [0.25, 0.3) is 11.3 Å². The van der Waals surface area contributed by atoms with Crippen molar-refractivity contribution in [2.75, 3.05) is 6.54 Å². The fourth-order valence-electron chi connectivity index (χ4n) is 3.08. The van der Waals surface area contributed by atoms with Crippen molar-refractivity contribution in [3.05, 3.63) is 41.9 Å². The first-order valence-corrected chi connectivity index (χ1v) is 8.38. The number of halogens is 2. The Morgan fingerprint density at radius 1 is 1.31 bits per heavy atom. The molecule has 26 heavy (non-hydrogen) atoms. The lowest BCUT2D eigenvalue weighted by molar-refractivity contribution is -0.152. The maximum atomic E-state index is 13.8. The van der Waals surface area contributed by atoms with Gasteiger partial charge in [0.05, 0.1) is 11.8 Å². The lowest BCUT2D eigenvalue weighted by Crippen LogP contribution is -2.48. The molecule has 1 aromatic heterocycles. The van der Waals surface area contributed by atoms with Crippen LogP contribution in [0.15, 0.2) is 28.8 Å². The van der Waals surface area contributed by atoms with E-state index in [1.807, 2.05) is 0 Å². The Morgan fingerprint density at radius 2 is 2.12 bits per heavy atom. The molecule has 1 aliphatic rings. The van der Waals surface area contributed by atoms with Crippen LogP contribution in [0, 0.1) is 11.6 Å². The average Bonchev–Trinajstić information content (AvgIpc) is 3.08. The number of rotatable bonds is 5. The van der Waals surface area contributed by atoms with Gasteiger partial charge in [-0.15, -0.1) is 0 Å². The number of piperidine rings is 1. The minimum absolute atomic E-state index is 0.0512. The van der Waals surface area contributed by atoms with Gasteiger partial charge in [-0.25, -0.2) is 18.6 Å². The van der Waals surface area contributed by atoms with Crippen LogP contribution in [0.4, 0.5) is 8.78 Å². The Bertz CT molecular complexity index is 821. The van der Waals surface area contributed by atoms with Gasteiger partial charge in [0.15, 0.2) is 11.7 Å². The second kappa shape index (κ2) is 7.63. The molecule has 0 saturated carbocycles. The second-order valence-electron chi connectivity index (χ2n) is 6.18. The highest BCUT2D eigenvalue weighted by atomic mass is 19.1. The predicted molar refractivity (Wildman–Crippen MR) is 87.2 cm³/mol. The van der Waals surface area contributed by atoms with Crippen molar-refractivity contribution in [1.29, 1.82) is 0 Å². The zero-order valence-corrected chi connectivity index (χ0v) is 14.0. The van der Waals surface area contributed by atoms with Crippen LogP contribution >= 0.6 is 0 Å². The third kappa shape index (κ3) is 3.89. The Morgan fingerprint density at radius 3 is 2.85 bits per heavy atom. The molecule has 0 radical (unpaired) electrons. The number of aromatic nitrogens is 1. The van der Waals surface area contributed by atoms with Gasteiger partial charge in [-0.05, 0) is 31.4 Å². The summed E-state index contributed by atoms with van der Waals surface area (Å²) in [5, 5.41) is 9.23. The number of aryl methyl sites for hydroxylation is 1. The van der Waals surface area contributed by atoms with Crippen LogP contribution in [0.2, 0.25) is 0 Å². The standard InChI is InChI=1S/C18H18F2N2O4/c19-11-4-5-12(13(20)9-11)15-10-21-16(26-15)6-7-17(23)22-8-2-1-3-14(22)18(24)25/h4-5,9-10,14H,1-3,6-8H2,(H,24,25)/t14-/m1/s1. The van der Waals surface area contributed by atoms with Gasteiger partial charge in [-0.2, -0.15) is 0 Å². The first kappa shape index (κ1) is 18.0. The SMILES string of the molecule is O=C(O)[C@H]1CCCCN1C(=O)CCc1ncc(-c2ccc(F)cc2F)o1. The number of carboxylic acids is 1. The molecule has 2 aromatic rings. The van der Waals surface area contributed by atoms with Crippen molar-refractivity contribution in [3.8, 4) is 11.3 Å². The van der Waals surface area contributed by atoms with Gasteiger partial charge in [0, 0.05) is 25.5 Å². The van der Waals surface area contributed by atoms with E-state index in [1.54, 1.807) is 0 Å². The van der Waals surface area contributed by atoms with E-state index in [4.69, 9.17) is 4.42 Å². The van der Waals surface area contributed by atoms with Crippen LogP contribution in [0.5, 0.6) is 0 Å². The zero-order valence-electron chi connectivity index (χ0n) is 14.0. The number of hydrogen-bond donors (Lipinski definition) is 1. The summed E-state index contributed by atoms with van der Waals surface area (Å²) in [6, 6.07) is 2.34. The van der Waals surface area contributed by atoms with Gasteiger partial charge < -0.3 is 14.4 Å². The van der Waals surface area contributed by atoms with E-state index < -0.39 is 23.6 Å². The molecular weight excluding hydrogens is 346 g/mol. The fraction of sp³-hybridized carbons (Fsp3) is 0.389. The van der Waals surface area contributed by atoms with Crippen molar-refractivity contribution in [2.24, 2.45) is 0 Å². The van der Waals surface area contributed by atoms with E-state index in [1.165, 1.54) is 17.2 Å². The number of carbonyl (C=O) groups is 2. The normalized spacial score (nSPS) is 17.3. The van der Waals surface area contributed by atoms with Crippen molar-refractivity contribution in [1.82, 2.24) is 9.88 Å². The maximum Gasteiger partial charge on any atom is 0.326 e. The highest BCUT2D eigenvalue weighted by Gasteiger charge is 2.31. The molecule has 0 spiro atoms. The van der Waals surface area contributed by atoms with E-state index in [9.17, 15) is 23.5 Å². The second-order valence-corrected chi connectivity index (χ2v) is 6.18. The molecule has 138 valence electrons. The van der Waals surface area contributed by atoms with E-state index in [2.05, 4.69) is 4.98 Å². The number of amides is 1. The number of likely N-dealkylation sites (tertiary alicyclic amines) is 1. The summed E-state index contributed by atoms with van der Waals surface area (Å²) < 4.78 is 32.2. The Balaban J connectivity index is 1.64. The highest BCUT2D eigenvalue weighted by Crippen LogP contribution is 2.25. The number of hydrogen-bond acceptors (Lipinski definition) is 4. The summed E-state index contributed by atoms with van der Waals surface area (Å²) in [6.07, 6.45) is 3.56. The Hall–Kier alpha value is -2.77. The first-order valence-electron chi connectivity index (χ1n) is 8.38. The van der Waals surface area contributed by atoms with Crippen molar-refractivity contribution in [2.45, 2.75) is 38.1 Å². The summed E-state index contributed by atoms with van der Waals surface area (Å²) in [6.45, 7) is 0.424. The van der Waals surface area contributed by atoms with Crippen LogP contribution in [-0.2, 0) is 16.0 Å². The van der Waals surface area contributed by atoms with E-state index >= 15 is 0 Å². The van der Waals surface area contributed by atoms with Crippen LogP contribution in [-0.4, -0.2) is 39.5 Å². The van der Waals surface area contributed by atoms with E-state index in [0.717, 1.165) is 25.0 Å². The summed E-state index contributed by atoms with van der Waals surface area (Å²) in [5.74, 6) is -2.34. The molecule has 1 fully saturated rings. The molecular formula is C18H18F2N2O4. The lowest BCUT2D eigenvalue weighted by atomic mass is 10.0. The first-order chi connectivity index (χ1) is 12.5. The average molecular weight is 364 g/mol. The molecule has 1 atom stereocenters. The van der Waals surface area contributed by atoms with Gasteiger partial charge in [0.2, 0.25) is 5.91 Å². The summed E-state index contributed by atoms with van der Waals surface area (Å²) in [7, 11) is 0. The largest absolute Gasteiger partial charge is 0.480 e. The number of oxazole rings is 1. The third-order valence-corrected chi connectivity index (χ3v) is 4.41. The predicted octanol–water partition coefficient (Wildman–Crippen LogP) is 3.02. The molecule has 6 nitrogen and oxygen atoms in total. The highest BCUT2D eigenvalue weighted by molar-refractivity contribution is 5.84. The topological polar surface area (TPSA) is 83.6 Å². The van der Waals surface area contributed by atoms with E-state index in [0.29, 0.717) is 13.0 Å². The van der Waals surface area contributed by atoms with Gasteiger partial charge in [0.1, 0.15) is 17.7 Å². The molecule has 0 unspecified atom stereocenters. The molecule has 1 aromatic carbocycles. The van der Waals surface area contributed by atoms with Crippen molar-refractivity contribution < 1.29 is 27.9 Å². The number of aliphatic carboxylic acids is 1. The van der Waals surface area contributed by atoms with E-state index in [-0.39, 0.29) is 36.0 Å². The van der Waals surface area contributed by atoms with Crippen LogP contribution in [0.1, 0.15) is 31.6 Å². The molecule has 1 saturated heterocycles. The maximum absolute atomic E-state index is 13.8. The summed E-state index contributed by atoms with van der Waals surface area (Å²) >= 11 is 0. The molecule has 0 bridgehead atoms. The lowest BCUT2D eigenvalue weighted by Gasteiger charge is -2.32. The van der Waals surface area contributed by atoms with Gasteiger partial charge in [0.25, 0.3) is 0 Å². The number of carbonyl (C=O) groups excluding carboxylic acids is 1. The van der Waals surface area contributed by atoms with Gasteiger partial charge in [-0.1, -0.05) is 0 Å². The van der Waals surface area contributed by atoms with Crippen LogP contribution in [0.3, 0.4) is 0 Å². The number of benzene rings is 1. The minimum atomic E-state index is -0.997. The van der Waals surface area contributed by atoms with Gasteiger partial charge in [-0.3, -0.25) is 4.79 Å². The van der Waals surface area contributed by atoms with Crippen molar-refractivity contribution >= 4 is 11.9 Å². The smallest absolute Gasteiger partial charge is 0.326 e. The van der Waals surface area contributed by atoms with Gasteiger partial charge >= 0.3 is 5.97 Å². The molecule has 1 aliphatic heterocycles.